The van der Waals surface area contributed by atoms with Crippen molar-refractivity contribution in [1.82, 2.24) is 0 Å². The number of rotatable bonds is 3. The van der Waals surface area contributed by atoms with Crippen LogP contribution in [0.5, 0.6) is 0 Å². The molecule has 86 valence electrons. The van der Waals surface area contributed by atoms with Gasteiger partial charge >= 0.3 is 5.97 Å². The van der Waals surface area contributed by atoms with Crippen molar-refractivity contribution in [2.45, 2.75) is 13.8 Å². The van der Waals surface area contributed by atoms with Crippen molar-refractivity contribution >= 4 is 11.8 Å². The van der Waals surface area contributed by atoms with Gasteiger partial charge in [-0.3, -0.25) is 9.59 Å². The Morgan fingerprint density at radius 2 is 1.94 bits per heavy atom. The van der Waals surface area contributed by atoms with Crippen LogP contribution in [0.3, 0.4) is 0 Å². The van der Waals surface area contributed by atoms with Gasteiger partial charge in [0.1, 0.15) is 11.2 Å². The summed E-state index contributed by atoms with van der Waals surface area (Å²) in [5, 5.41) is 0. The first-order chi connectivity index (χ1) is 7.39. The molecule has 0 saturated carbocycles. The number of methoxy groups -OCH3 is 1. The van der Waals surface area contributed by atoms with Crippen LogP contribution in [0.2, 0.25) is 0 Å². The largest absolute Gasteiger partial charge is 0.468 e. The molecule has 0 aliphatic heterocycles. The summed E-state index contributed by atoms with van der Waals surface area (Å²) in [5.41, 5.74) is -1.14. The minimum atomic E-state index is -1.30. The highest BCUT2D eigenvalue weighted by molar-refractivity contribution is 6.11. The van der Waals surface area contributed by atoms with Crippen LogP contribution >= 0.6 is 0 Å². The Kier molecular flexibility index (Phi) is 3.42. The summed E-state index contributed by atoms with van der Waals surface area (Å²) < 4.78 is 17.5. The van der Waals surface area contributed by atoms with E-state index in [0.29, 0.717) is 0 Å². The zero-order valence-electron chi connectivity index (χ0n) is 9.41. The van der Waals surface area contributed by atoms with Crippen molar-refractivity contribution in [3.05, 3.63) is 35.6 Å². The maximum atomic E-state index is 12.9. The number of Topliss-reactive ketones (excluding diaryl/α,β-unsaturated/α-hetero) is 1. The molecule has 16 heavy (non-hydrogen) atoms. The van der Waals surface area contributed by atoms with Gasteiger partial charge in [-0.2, -0.15) is 0 Å². The molecule has 0 heterocycles. The lowest BCUT2D eigenvalue weighted by molar-refractivity contribution is -0.147. The number of ketones is 1. The number of benzene rings is 1. The minimum absolute atomic E-state index is 0.162. The van der Waals surface area contributed by atoms with Crippen molar-refractivity contribution in [1.29, 1.82) is 0 Å². The Morgan fingerprint density at radius 1 is 1.31 bits per heavy atom. The average molecular weight is 224 g/mol. The van der Waals surface area contributed by atoms with E-state index in [1.807, 2.05) is 0 Å². The van der Waals surface area contributed by atoms with E-state index in [1.54, 1.807) is 0 Å². The van der Waals surface area contributed by atoms with Crippen LogP contribution in [0.25, 0.3) is 0 Å². The van der Waals surface area contributed by atoms with E-state index in [-0.39, 0.29) is 5.56 Å². The third kappa shape index (κ3) is 2.27. The fraction of sp³-hybridized carbons (Fsp3) is 0.333. The molecule has 0 spiro atoms. The second-order valence-electron chi connectivity index (χ2n) is 3.96. The lowest BCUT2D eigenvalue weighted by Gasteiger charge is -2.19. The van der Waals surface area contributed by atoms with E-state index >= 15 is 0 Å². The van der Waals surface area contributed by atoms with Crippen LogP contribution in [0.1, 0.15) is 24.2 Å². The lowest BCUT2D eigenvalue weighted by atomic mass is 9.84. The predicted molar refractivity (Wildman–Crippen MR) is 56.5 cm³/mol. The van der Waals surface area contributed by atoms with E-state index in [4.69, 9.17) is 0 Å². The van der Waals surface area contributed by atoms with Gasteiger partial charge in [0.05, 0.1) is 7.11 Å². The molecule has 1 rings (SSSR count). The lowest BCUT2D eigenvalue weighted by Crippen LogP contribution is -2.34. The number of carbonyl (C=O) groups excluding carboxylic acids is 2. The molecule has 0 radical (unpaired) electrons. The molecule has 0 atom stereocenters. The monoisotopic (exact) mass is 224 g/mol. The van der Waals surface area contributed by atoms with Crippen LogP contribution in [-0.4, -0.2) is 18.9 Å². The Labute approximate surface area is 93.2 Å². The number of halogens is 1. The van der Waals surface area contributed by atoms with E-state index < -0.39 is 23.0 Å². The first kappa shape index (κ1) is 12.4. The quantitative estimate of drug-likeness (QED) is 0.449. The molecule has 0 fully saturated rings. The maximum Gasteiger partial charge on any atom is 0.319 e. The zero-order valence-corrected chi connectivity index (χ0v) is 9.41. The van der Waals surface area contributed by atoms with Crippen LogP contribution < -0.4 is 0 Å². The van der Waals surface area contributed by atoms with Crippen molar-refractivity contribution in [2.75, 3.05) is 7.11 Å². The second kappa shape index (κ2) is 4.43. The summed E-state index contributed by atoms with van der Waals surface area (Å²) in [6, 6.07) is 5.24. The Morgan fingerprint density at radius 3 is 2.44 bits per heavy atom. The molecule has 0 bridgehead atoms. The number of ether oxygens (including phenoxy) is 1. The van der Waals surface area contributed by atoms with Crippen molar-refractivity contribution in [3.8, 4) is 0 Å². The first-order valence-corrected chi connectivity index (χ1v) is 4.78. The molecule has 0 aliphatic carbocycles. The summed E-state index contributed by atoms with van der Waals surface area (Å²) in [5.74, 6) is -1.60. The highest BCUT2D eigenvalue weighted by atomic mass is 19.1. The fourth-order valence-corrected chi connectivity index (χ4v) is 1.34. The summed E-state index contributed by atoms with van der Waals surface area (Å²) in [7, 11) is 1.21. The molecular weight excluding hydrogens is 211 g/mol. The smallest absolute Gasteiger partial charge is 0.319 e. The fourth-order valence-electron chi connectivity index (χ4n) is 1.34. The third-order valence-corrected chi connectivity index (χ3v) is 2.35. The Balaban J connectivity index is 3.07. The molecule has 0 N–H and O–H groups in total. The van der Waals surface area contributed by atoms with Gasteiger partial charge in [-0.05, 0) is 26.0 Å². The topological polar surface area (TPSA) is 43.4 Å². The number of hydrogen-bond donors (Lipinski definition) is 0. The van der Waals surface area contributed by atoms with Gasteiger partial charge in [-0.15, -0.1) is 0 Å². The van der Waals surface area contributed by atoms with Gasteiger partial charge < -0.3 is 4.74 Å². The number of hydrogen-bond acceptors (Lipinski definition) is 3. The summed E-state index contributed by atoms with van der Waals surface area (Å²) >= 11 is 0. The minimum Gasteiger partial charge on any atom is -0.468 e. The van der Waals surface area contributed by atoms with Crippen molar-refractivity contribution in [2.24, 2.45) is 5.41 Å². The molecule has 1 aromatic carbocycles. The Hall–Kier alpha value is -1.71. The molecule has 0 saturated heterocycles. The van der Waals surface area contributed by atoms with Crippen LogP contribution in [0.15, 0.2) is 24.3 Å². The third-order valence-electron chi connectivity index (χ3n) is 2.35. The van der Waals surface area contributed by atoms with Gasteiger partial charge in [-0.1, -0.05) is 12.1 Å². The van der Waals surface area contributed by atoms with E-state index in [9.17, 15) is 14.0 Å². The molecule has 3 nitrogen and oxygen atoms in total. The molecule has 0 aliphatic rings. The molecule has 4 heteroatoms. The van der Waals surface area contributed by atoms with Gasteiger partial charge in [0.15, 0.2) is 5.78 Å². The number of carbonyl (C=O) groups is 2. The zero-order chi connectivity index (χ0) is 12.3. The highest BCUT2D eigenvalue weighted by Crippen LogP contribution is 2.23. The SMILES string of the molecule is COC(=O)C(C)(C)C(=O)c1cccc(F)c1. The standard InChI is InChI=1S/C12H13FO3/c1-12(2,11(15)16-3)10(14)8-5-4-6-9(13)7-8/h4-7H,1-3H3. The van der Waals surface area contributed by atoms with Gasteiger partial charge in [-0.25, -0.2) is 4.39 Å². The van der Waals surface area contributed by atoms with E-state index in [2.05, 4.69) is 4.74 Å². The van der Waals surface area contributed by atoms with Gasteiger partial charge in [0.2, 0.25) is 0 Å². The summed E-state index contributed by atoms with van der Waals surface area (Å²) in [4.78, 5) is 23.3. The molecular formula is C12H13FO3. The Bertz CT molecular complexity index is 424. The van der Waals surface area contributed by atoms with E-state index in [0.717, 1.165) is 6.07 Å². The molecule has 0 aromatic heterocycles. The summed E-state index contributed by atoms with van der Waals surface area (Å²) in [6.45, 7) is 2.90. The van der Waals surface area contributed by atoms with Crippen LogP contribution in [0, 0.1) is 11.2 Å². The normalized spacial score (nSPS) is 11.0. The molecule has 1 aromatic rings. The summed E-state index contributed by atoms with van der Waals surface area (Å²) in [6.07, 6.45) is 0. The molecule has 0 unspecified atom stereocenters. The predicted octanol–water partition coefficient (Wildman–Crippen LogP) is 2.21. The van der Waals surface area contributed by atoms with Gasteiger partial charge in [0, 0.05) is 5.56 Å². The maximum absolute atomic E-state index is 12.9. The van der Waals surface area contributed by atoms with E-state index in [1.165, 1.54) is 39.2 Å². The van der Waals surface area contributed by atoms with Crippen molar-refractivity contribution in [3.63, 3.8) is 0 Å². The second-order valence-corrected chi connectivity index (χ2v) is 3.96. The van der Waals surface area contributed by atoms with Crippen LogP contribution in [0.4, 0.5) is 4.39 Å². The number of esters is 1. The molecule has 0 amide bonds. The van der Waals surface area contributed by atoms with Crippen LogP contribution in [-0.2, 0) is 9.53 Å². The van der Waals surface area contributed by atoms with Crippen molar-refractivity contribution < 1.29 is 18.7 Å². The highest BCUT2D eigenvalue weighted by Gasteiger charge is 2.37. The average Bonchev–Trinajstić information content (AvgIpc) is 2.26. The van der Waals surface area contributed by atoms with Gasteiger partial charge in [0.25, 0.3) is 0 Å². The first-order valence-electron chi connectivity index (χ1n) is 4.78.